The van der Waals surface area contributed by atoms with Crippen molar-refractivity contribution in [1.29, 1.82) is 0 Å². The fourth-order valence-corrected chi connectivity index (χ4v) is 3.66. The number of carbonyl (C=O) groups excluding carboxylic acids is 1. The molecule has 0 atom stereocenters. The van der Waals surface area contributed by atoms with Gasteiger partial charge in [-0.2, -0.15) is 0 Å². The van der Waals surface area contributed by atoms with Crippen molar-refractivity contribution in [2.45, 2.75) is 45.1 Å². The van der Waals surface area contributed by atoms with E-state index in [9.17, 15) is 4.79 Å². The number of hydrogen-bond acceptors (Lipinski definition) is 5. The lowest BCUT2D eigenvalue weighted by molar-refractivity contribution is 0.0910. The largest absolute Gasteiger partial charge is 0.486 e. The zero-order chi connectivity index (χ0) is 18.7. The lowest BCUT2D eigenvalue weighted by Crippen LogP contribution is -2.32. The Bertz CT molecular complexity index is 810. The van der Waals surface area contributed by atoms with Gasteiger partial charge in [0, 0.05) is 25.1 Å². The molecule has 1 aromatic carbocycles. The minimum absolute atomic E-state index is 0.104. The summed E-state index contributed by atoms with van der Waals surface area (Å²) in [6.07, 6.45) is 6.94. The molecule has 0 aliphatic heterocycles. The number of benzene rings is 1. The second-order valence-electron chi connectivity index (χ2n) is 7.72. The maximum absolute atomic E-state index is 12.3. The van der Waals surface area contributed by atoms with Gasteiger partial charge in [-0.25, -0.2) is 0 Å². The van der Waals surface area contributed by atoms with E-state index in [-0.39, 0.29) is 23.6 Å². The van der Waals surface area contributed by atoms with Gasteiger partial charge in [0.25, 0.3) is 5.91 Å². The molecule has 1 saturated carbocycles. The topological polar surface area (TPSA) is 73.6 Å². The van der Waals surface area contributed by atoms with Crippen molar-refractivity contribution in [2.24, 2.45) is 5.41 Å². The predicted octanol–water partition coefficient (Wildman–Crippen LogP) is 3.29. The summed E-state index contributed by atoms with van der Waals surface area (Å²) >= 11 is 0. The molecule has 2 aromatic rings. The van der Waals surface area contributed by atoms with E-state index >= 15 is 0 Å². The monoisotopic (exact) mass is 370 g/mol. The summed E-state index contributed by atoms with van der Waals surface area (Å²) < 4.78 is 16.3. The average molecular weight is 370 g/mol. The third-order valence-corrected chi connectivity index (χ3v) is 5.52. The van der Waals surface area contributed by atoms with Crippen molar-refractivity contribution in [1.82, 2.24) is 10.5 Å². The first-order chi connectivity index (χ1) is 13.2. The molecule has 2 aliphatic carbocycles. The van der Waals surface area contributed by atoms with E-state index in [1.165, 1.54) is 24.0 Å². The Morgan fingerprint density at radius 2 is 2.04 bits per heavy atom. The Morgan fingerprint density at radius 1 is 1.22 bits per heavy atom. The standard InChI is InChI=1S/C21H26N2O4/c1-25-14-21(8-9-21)13-22-20(24)19-11-18(27-23-19)12-26-17-7-6-15-4-2-3-5-16(15)10-17/h6-7,10-11H,2-5,8-9,12-14H2,1H3,(H,22,24). The summed E-state index contributed by atoms with van der Waals surface area (Å²) in [5, 5.41) is 6.79. The third-order valence-electron chi connectivity index (χ3n) is 5.52. The fourth-order valence-electron chi connectivity index (χ4n) is 3.66. The Labute approximate surface area is 159 Å². The molecule has 6 heteroatoms. The molecule has 4 rings (SSSR count). The molecular formula is C21H26N2O4. The molecule has 1 heterocycles. The van der Waals surface area contributed by atoms with Crippen LogP contribution in [0.4, 0.5) is 0 Å². The quantitative estimate of drug-likeness (QED) is 0.772. The lowest BCUT2D eigenvalue weighted by Gasteiger charge is -2.16. The van der Waals surface area contributed by atoms with Crippen molar-refractivity contribution in [2.75, 3.05) is 20.3 Å². The number of methoxy groups -OCH3 is 1. The molecule has 0 bridgehead atoms. The van der Waals surface area contributed by atoms with Crippen LogP contribution >= 0.6 is 0 Å². The van der Waals surface area contributed by atoms with Crippen molar-refractivity contribution < 1.29 is 18.8 Å². The van der Waals surface area contributed by atoms with Crippen LogP contribution in [0.25, 0.3) is 0 Å². The second kappa shape index (κ2) is 7.72. The normalized spacial score (nSPS) is 17.2. The Hall–Kier alpha value is -2.34. The highest BCUT2D eigenvalue weighted by Gasteiger charge is 2.42. The van der Waals surface area contributed by atoms with Gasteiger partial charge in [0.1, 0.15) is 12.4 Å². The molecule has 27 heavy (non-hydrogen) atoms. The van der Waals surface area contributed by atoms with E-state index in [2.05, 4.69) is 22.6 Å². The number of fused-ring (bicyclic) bond motifs is 1. The maximum Gasteiger partial charge on any atom is 0.273 e. The minimum Gasteiger partial charge on any atom is -0.486 e. The van der Waals surface area contributed by atoms with Crippen LogP contribution in [0.3, 0.4) is 0 Å². The first-order valence-electron chi connectivity index (χ1n) is 9.65. The van der Waals surface area contributed by atoms with E-state index in [0.717, 1.165) is 31.4 Å². The van der Waals surface area contributed by atoms with E-state index in [1.54, 1.807) is 13.2 Å². The van der Waals surface area contributed by atoms with Gasteiger partial charge >= 0.3 is 0 Å². The van der Waals surface area contributed by atoms with Crippen LogP contribution < -0.4 is 10.1 Å². The number of nitrogens with one attached hydrogen (secondary N) is 1. The zero-order valence-corrected chi connectivity index (χ0v) is 15.8. The fraction of sp³-hybridized carbons (Fsp3) is 0.524. The molecule has 1 fully saturated rings. The van der Waals surface area contributed by atoms with Gasteiger partial charge in [0.05, 0.1) is 6.61 Å². The first kappa shape index (κ1) is 18.0. The van der Waals surface area contributed by atoms with Crippen LogP contribution in [0.15, 0.2) is 28.8 Å². The van der Waals surface area contributed by atoms with E-state index in [1.807, 2.05) is 6.07 Å². The Morgan fingerprint density at radius 3 is 2.81 bits per heavy atom. The third kappa shape index (κ3) is 4.33. The number of aryl methyl sites for hydroxylation is 2. The minimum atomic E-state index is -0.221. The van der Waals surface area contributed by atoms with Crippen LogP contribution in [-0.4, -0.2) is 31.3 Å². The molecule has 0 saturated heterocycles. The van der Waals surface area contributed by atoms with Crippen LogP contribution in [0.2, 0.25) is 0 Å². The lowest BCUT2D eigenvalue weighted by atomic mass is 9.92. The Kier molecular flexibility index (Phi) is 5.16. The SMILES string of the molecule is COCC1(CNC(=O)c2cc(COc3ccc4c(c3)CCCC4)on2)CC1. The summed E-state index contributed by atoms with van der Waals surface area (Å²) in [5.41, 5.74) is 3.19. The molecule has 0 radical (unpaired) electrons. The molecule has 1 aromatic heterocycles. The number of nitrogens with zero attached hydrogens (tertiary/aromatic N) is 1. The van der Waals surface area contributed by atoms with Crippen LogP contribution in [0, 0.1) is 5.41 Å². The van der Waals surface area contributed by atoms with Crippen molar-refractivity contribution in [3.63, 3.8) is 0 Å². The average Bonchev–Trinajstić information content (AvgIpc) is 3.29. The predicted molar refractivity (Wildman–Crippen MR) is 99.8 cm³/mol. The van der Waals surface area contributed by atoms with Crippen LogP contribution in [0.5, 0.6) is 5.75 Å². The molecule has 0 spiro atoms. The van der Waals surface area contributed by atoms with E-state index < -0.39 is 0 Å². The number of aromatic nitrogens is 1. The highest BCUT2D eigenvalue weighted by atomic mass is 16.5. The molecule has 1 N–H and O–H groups in total. The van der Waals surface area contributed by atoms with Crippen molar-refractivity contribution >= 4 is 5.91 Å². The van der Waals surface area contributed by atoms with Crippen molar-refractivity contribution in [3.05, 3.63) is 46.8 Å². The number of hydrogen-bond donors (Lipinski definition) is 1. The number of carbonyl (C=O) groups is 1. The highest BCUT2D eigenvalue weighted by Crippen LogP contribution is 2.45. The number of ether oxygens (including phenoxy) is 2. The van der Waals surface area contributed by atoms with E-state index in [0.29, 0.717) is 18.9 Å². The molecule has 2 aliphatic rings. The smallest absolute Gasteiger partial charge is 0.273 e. The van der Waals surface area contributed by atoms with Gasteiger partial charge in [0.2, 0.25) is 0 Å². The van der Waals surface area contributed by atoms with Gasteiger partial charge in [-0.3, -0.25) is 4.79 Å². The second-order valence-corrected chi connectivity index (χ2v) is 7.72. The van der Waals surface area contributed by atoms with Gasteiger partial charge < -0.3 is 19.3 Å². The van der Waals surface area contributed by atoms with Gasteiger partial charge in [-0.05, 0) is 61.8 Å². The maximum atomic E-state index is 12.3. The summed E-state index contributed by atoms with van der Waals surface area (Å²) in [6.45, 7) is 1.53. The Balaban J connectivity index is 1.29. The number of amides is 1. The highest BCUT2D eigenvalue weighted by molar-refractivity contribution is 5.92. The summed E-state index contributed by atoms with van der Waals surface area (Å²) in [7, 11) is 1.69. The summed E-state index contributed by atoms with van der Waals surface area (Å²) in [4.78, 5) is 12.3. The molecule has 6 nitrogen and oxygen atoms in total. The van der Waals surface area contributed by atoms with Crippen LogP contribution in [-0.2, 0) is 24.2 Å². The molecule has 0 unspecified atom stereocenters. The molecular weight excluding hydrogens is 344 g/mol. The molecule has 1 amide bonds. The van der Waals surface area contributed by atoms with Crippen LogP contribution in [0.1, 0.15) is 53.1 Å². The molecule has 144 valence electrons. The summed E-state index contributed by atoms with van der Waals surface area (Å²) in [5.74, 6) is 1.14. The number of rotatable bonds is 8. The van der Waals surface area contributed by atoms with Gasteiger partial charge in [-0.15, -0.1) is 0 Å². The summed E-state index contributed by atoms with van der Waals surface area (Å²) in [6, 6.07) is 7.91. The van der Waals surface area contributed by atoms with E-state index in [4.69, 9.17) is 14.0 Å². The zero-order valence-electron chi connectivity index (χ0n) is 15.8. The van der Waals surface area contributed by atoms with Crippen molar-refractivity contribution in [3.8, 4) is 5.75 Å². The van der Waals surface area contributed by atoms with Gasteiger partial charge in [0.15, 0.2) is 11.5 Å². The first-order valence-corrected chi connectivity index (χ1v) is 9.65. The van der Waals surface area contributed by atoms with Gasteiger partial charge in [-0.1, -0.05) is 11.2 Å².